The van der Waals surface area contributed by atoms with Gasteiger partial charge >= 0.3 is 0 Å². The van der Waals surface area contributed by atoms with Crippen LogP contribution in [0.4, 0.5) is 8.78 Å². The molecule has 0 aliphatic carbocycles. The molecular weight excluding hydrogens is 450 g/mol. The first-order chi connectivity index (χ1) is 13.8. The van der Waals surface area contributed by atoms with Crippen LogP contribution in [0, 0.1) is 11.6 Å². The molecule has 9 heteroatoms. The monoisotopic (exact) mass is 468 g/mol. The van der Waals surface area contributed by atoms with Crippen LogP contribution in [0.3, 0.4) is 0 Å². The van der Waals surface area contributed by atoms with Gasteiger partial charge in [0.2, 0.25) is 5.91 Å². The average Bonchev–Trinajstić information content (AvgIpc) is 2.67. The molecule has 0 saturated heterocycles. The summed E-state index contributed by atoms with van der Waals surface area (Å²) < 4.78 is 38.4. The second kappa shape index (κ2) is 9.21. The van der Waals surface area contributed by atoms with E-state index in [-0.39, 0.29) is 30.5 Å². The summed E-state index contributed by atoms with van der Waals surface area (Å²) >= 11 is 3.47. The van der Waals surface area contributed by atoms with Crippen molar-refractivity contribution < 1.29 is 27.8 Å². The number of nitrogens with one attached hydrogen (secondary N) is 2. The Balaban J connectivity index is 1.52. The molecular formula is C20H19BrF2N2O4. The van der Waals surface area contributed by atoms with Crippen molar-refractivity contribution in [3.05, 3.63) is 57.6 Å². The predicted molar refractivity (Wildman–Crippen MR) is 105 cm³/mol. The van der Waals surface area contributed by atoms with Gasteiger partial charge in [-0.05, 0) is 36.8 Å². The van der Waals surface area contributed by atoms with E-state index >= 15 is 0 Å². The van der Waals surface area contributed by atoms with E-state index in [0.29, 0.717) is 30.8 Å². The molecule has 2 amide bonds. The molecule has 0 fully saturated rings. The highest BCUT2D eigenvalue weighted by molar-refractivity contribution is 9.10. The van der Waals surface area contributed by atoms with Gasteiger partial charge in [0.05, 0.1) is 11.6 Å². The van der Waals surface area contributed by atoms with Crippen LogP contribution in [0.2, 0.25) is 0 Å². The first-order valence-electron chi connectivity index (χ1n) is 8.97. The number of fused-ring (bicyclic) bond motifs is 1. The van der Waals surface area contributed by atoms with Gasteiger partial charge in [-0.15, -0.1) is 0 Å². The maximum absolute atomic E-state index is 13.6. The summed E-state index contributed by atoms with van der Waals surface area (Å²) in [7, 11) is 0. The zero-order valence-corrected chi connectivity index (χ0v) is 17.1. The van der Waals surface area contributed by atoms with Crippen molar-refractivity contribution in [1.29, 1.82) is 0 Å². The number of hydrogen-bond acceptors (Lipinski definition) is 4. The van der Waals surface area contributed by atoms with Gasteiger partial charge in [-0.25, -0.2) is 8.78 Å². The summed E-state index contributed by atoms with van der Waals surface area (Å²) in [6, 6.07) is 5.97. The van der Waals surface area contributed by atoms with Crippen LogP contribution in [-0.2, 0) is 4.79 Å². The lowest BCUT2D eigenvalue weighted by Gasteiger charge is -2.22. The summed E-state index contributed by atoms with van der Waals surface area (Å²) in [6.07, 6.45) is 0.00106. The number of hydrogen-bond donors (Lipinski definition) is 2. The Morgan fingerprint density at radius 1 is 1.14 bits per heavy atom. The van der Waals surface area contributed by atoms with Crippen LogP contribution >= 0.6 is 15.9 Å². The number of carbonyl (C=O) groups excluding carboxylic acids is 2. The third kappa shape index (κ3) is 5.23. The summed E-state index contributed by atoms with van der Waals surface area (Å²) in [5.41, 5.74) is 0.542. The van der Waals surface area contributed by atoms with E-state index in [9.17, 15) is 18.4 Å². The lowest BCUT2D eigenvalue weighted by Crippen LogP contribution is -2.32. The van der Waals surface area contributed by atoms with E-state index in [1.807, 2.05) is 13.0 Å². The topological polar surface area (TPSA) is 76.7 Å². The molecule has 1 unspecified atom stereocenters. The van der Waals surface area contributed by atoms with Crippen molar-refractivity contribution in [2.45, 2.75) is 19.4 Å². The fraction of sp³-hybridized carbons (Fsp3) is 0.300. The molecule has 0 aromatic heterocycles. The maximum atomic E-state index is 13.6. The van der Waals surface area contributed by atoms with Gasteiger partial charge in [0, 0.05) is 23.5 Å². The van der Waals surface area contributed by atoms with E-state index in [1.54, 1.807) is 6.07 Å². The standard InChI is InChI=1S/C20H19BrF2N2O4/c1-11(14-9-17-18(10-15(14)21)29-7-6-28-17)25-19(26)4-5-24-20(27)13-3-2-12(22)8-16(13)23/h2-3,8-11H,4-7H2,1H3,(H,24,27)(H,25,26). The quantitative estimate of drug-likeness (QED) is 0.680. The van der Waals surface area contributed by atoms with Crippen LogP contribution in [-0.4, -0.2) is 31.6 Å². The first kappa shape index (κ1) is 21.0. The second-order valence-electron chi connectivity index (χ2n) is 6.44. The fourth-order valence-electron chi connectivity index (χ4n) is 2.86. The molecule has 6 nitrogen and oxygen atoms in total. The van der Waals surface area contributed by atoms with E-state index in [4.69, 9.17) is 9.47 Å². The van der Waals surface area contributed by atoms with Crippen molar-refractivity contribution in [3.8, 4) is 11.5 Å². The predicted octanol–water partition coefficient (Wildman–Crippen LogP) is 3.50. The van der Waals surface area contributed by atoms with Crippen molar-refractivity contribution in [2.75, 3.05) is 19.8 Å². The minimum absolute atomic E-state index is 0.00106. The first-order valence-corrected chi connectivity index (χ1v) is 9.76. The molecule has 0 radical (unpaired) electrons. The average molecular weight is 469 g/mol. The lowest BCUT2D eigenvalue weighted by molar-refractivity contribution is -0.121. The molecule has 3 rings (SSSR count). The Labute approximate surface area is 174 Å². The van der Waals surface area contributed by atoms with Crippen LogP contribution in [0.25, 0.3) is 0 Å². The maximum Gasteiger partial charge on any atom is 0.254 e. The summed E-state index contributed by atoms with van der Waals surface area (Å²) in [4.78, 5) is 24.1. The molecule has 2 aromatic rings. The van der Waals surface area contributed by atoms with E-state index < -0.39 is 17.5 Å². The molecule has 29 heavy (non-hydrogen) atoms. The van der Waals surface area contributed by atoms with Crippen LogP contribution in [0.5, 0.6) is 11.5 Å². The SMILES string of the molecule is CC(NC(=O)CCNC(=O)c1ccc(F)cc1F)c1cc2c(cc1Br)OCCO2. The van der Waals surface area contributed by atoms with E-state index in [0.717, 1.165) is 22.2 Å². The minimum Gasteiger partial charge on any atom is -0.486 e. The second-order valence-corrected chi connectivity index (χ2v) is 7.29. The highest BCUT2D eigenvalue weighted by Gasteiger charge is 2.19. The Bertz CT molecular complexity index is 939. The van der Waals surface area contributed by atoms with Crippen LogP contribution in [0.15, 0.2) is 34.8 Å². The molecule has 1 aliphatic rings. The lowest BCUT2D eigenvalue weighted by atomic mass is 10.1. The third-order valence-electron chi connectivity index (χ3n) is 4.32. The van der Waals surface area contributed by atoms with Gasteiger partial charge in [0.25, 0.3) is 5.91 Å². The Morgan fingerprint density at radius 3 is 2.52 bits per heavy atom. The fourth-order valence-corrected chi connectivity index (χ4v) is 3.53. The molecule has 1 heterocycles. The third-order valence-corrected chi connectivity index (χ3v) is 5.01. The van der Waals surface area contributed by atoms with Gasteiger partial charge < -0.3 is 20.1 Å². The van der Waals surface area contributed by atoms with Crippen molar-refractivity contribution in [1.82, 2.24) is 10.6 Å². The number of carbonyl (C=O) groups is 2. The number of ether oxygens (including phenoxy) is 2. The van der Waals surface area contributed by atoms with E-state index in [2.05, 4.69) is 26.6 Å². The van der Waals surface area contributed by atoms with Crippen molar-refractivity contribution >= 4 is 27.7 Å². The van der Waals surface area contributed by atoms with Crippen LogP contribution < -0.4 is 20.1 Å². The van der Waals surface area contributed by atoms with Crippen LogP contribution in [0.1, 0.15) is 35.3 Å². The minimum atomic E-state index is -0.955. The highest BCUT2D eigenvalue weighted by Crippen LogP contribution is 2.37. The van der Waals surface area contributed by atoms with Gasteiger partial charge in [-0.1, -0.05) is 15.9 Å². The smallest absolute Gasteiger partial charge is 0.254 e. The Morgan fingerprint density at radius 2 is 1.83 bits per heavy atom. The molecule has 1 atom stereocenters. The molecule has 0 saturated carbocycles. The van der Waals surface area contributed by atoms with Gasteiger partial charge in [-0.3, -0.25) is 9.59 Å². The Hall–Kier alpha value is -2.68. The van der Waals surface area contributed by atoms with E-state index in [1.165, 1.54) is 0 Å². The number of amides is 2. The molecule has 154 valence electrons. The normalized spacial score (nSPS) is 13.5. The number of benzene rings is 2. The molecule has 0 bridgehead atoms. The molecule has 0 spiro atoms. The Kier molecular flexibility index (Phi) is 6.68. The van der Waals surface area contributed by atoms with Gasteiger partial charge in [-0.2, -0.15) is 0 Å². The van der Waals surface area contributed by atoms with Gasteiger partial charge in [0.1, 0.15) is 24.8 Å². The number of rotatable bonds is 6. The summed E-state index contributed by atoms with van der Waals surface area (Å²) in [6.45, 7) is 2.78. The van der Waals surface area contributed by atoms with Crippen molar-refractivity contribution in [2.24, 2.45) is 0 Å². The number of halogens is 3. The zero-order valence-electron chi connectivity index (χ0n) is 15.6. The summed E-state index contributed by atoms with van der Waals surface area (Å²) in [5.74, 6) is -1.47. The largest absolute Gasteiger partial charge is 0.486 e. The molecule has 1 aliphatic heterocycles. The van der Waals surface area contributed by atoms with Crippen molar-refractivity contribution in [3.63, 3.8) is 0 Å². The highest BCUT2D eigenvalue weighted by atomic mass is 79.9. The van der Waals surface area contributed by atoms with Gasteiger partial charge in [0.15, 0.2) is 11.5 Å². The molecule has 2 aromatic carbocycles. The molecule has 2 N–H and O–H groups in total. The summed E-state index contributed by atoms with van der Waals surface area (Å²) in [5, 5.41) is 5.28. The zero-order chi connectivity index (χ0) is 21.0.